The molecule has 0 bridgehead atoms. The molecule has 0 aromatic heterocycles. The molecule has 3 nitrogen and oxygen atoms in total. The molecule has 98 valence electrons. The van der Waals surface area contributed by atoms with Gasteiger partial charge in [0.1, 0.15) is 5.82 Å². The number of hydrogen-bond donors (Lipinski definition) is 2. The molecule has 1 aliphatic rings. The summed E-state index contributed by atoms with van der Waals surface area (Å²) in [6.45, 7) is 1.71. The molecule has 0 spiro atoms. The van der Waals surface area contributed by atoms with Crippen molar-refractivity contribution in [2.75, 3.05) is 13.1 Å². The molecule has 1 atom stereocenters. The Balaban J connectivity index is 2.02. The summed E-state index contributed by atoms with van der Waals surface area (Å²) in [5, 5.41) is 6.39. The van der Waals surface area contributed by atoms with Crippen LogP contribution in [0.3, 0.4) is 0 Å². The molecule has 1 aromatic rings. The minimum Gasteiger partial charge on any atom is -0.348 e. The summed E-state index contributed by atoms with van der Waals surface area (Å²) < 4.78 is 13.6. The highest BCUT2D eigenvalue weighted by atomic mass is 35.5. The minimum atomic E-state index is -0.582. The molecule has 2 rings (SSSR count). The van der Waals surface area contributed by atoms with Gasteiger partial charge in [-0.25, -0.2) is 4.39 Å². The van der Waals surface area contributed by atoms with Gasteiger partial charge in [0.2, 0.25) is 0 Å². The molecule has 1 aromatic carbocycles. The van der Waals surface area contributed by atoms with Crippen LogP contribution >= 0.6 is 11.6 Å². The maximum atomic E-state index is 13.6. The summed E-state index contributed by atoms with van der Waals surface area (Å²) in [6.07, 6.45) is 3.11. The molecule has 1 heterocycles. The number of hydrogen-bond acceptors (Lipinski definition) is 2. The maximum absolute atomic E-state index is 13.6. The Labute approximate surface area is 111 Å². The van der Waals surface area contributed by atoms with Gasteiger partial charge in [0.15, 0.2) is 0 Å². The van der Waals surface area contributed by atoms with Crippen LogP contribution in [0.25, 0.3) is 0 Å². The normalized spacial score (nSPS) is 20.2. The Morgan fingerprint density at radius 2 is 2.28 bits per heavy atom. The van der Waals surface area contributed by atoms with Crippen molar-refractivity contribution in [1.29, 1.82) is 0 Å². The van der Waals surface area contributed by atoms with Gasteiger partial charge in [-0.2, -0.15) is 0 Å². The van der Waals surface area contributed by atoms with Gasteiger partial charge in [-0.15, -0.1) is 0 Å². The van der Waals surface area contributed by atoms with Crippen LogP contribution in [-0.2, 0) is 0 Å². The number of rotatable bonds is 2. The summed E-state index contributed by atoms with van der Waals surface area (Å²) in [4.78, 5) is 11.9. The molecule has 1 amide bonds. The highest BCUT2D eigenvalue weighted by Gasteiger charge is 2.17. The summed E-state index contributed by atoms with van der Waals surface area (Å²) in [6, 6.07) is 4.15. The predicted octanol–water partition coefficient (Wildman–Crippen LogP) is 2.35. The third kappa shape index (κ3) is 3.43. The van der Waals surface area contributed by atoms with Crippen LogP contribution < -0.4 is 10.6 Å². The van der Waals surface area contributed by atoms with Crippen molar-refractivity contribution < 1.29 is 9.18 Å². The van der Waals surface area contributed by atoms with Crippen molar-refractivity contribution in [3.05, 3.63) is 34.6 Å². The zero-order valence-electron chi connectivity index (χ0n) is 10.0. The van der Waals surface area contributed by atoms with E-state index in [0.717, 1.165) is 38.4 Å². The predicted molar refractivity (Wildman–Crippen MR) is 69.4 cm³/mol. The second-order valence-electron chi connectivity index (χ2n) is 4.49. The minimum absolute atomic E-state index is 0.0450. The number of halogens is 2. The first-order chi connectivity index (χ1) is 8.66. The van der Waals surface area contributed by atoms with Gasteiger partial charge in [-0.05, 0) is 37.6 Å². The molecular weight excluding hydrogens is 255 g/mol. The molecule has 1 saturated heterocycles. The van der Waals surface area contributed by atoms with E-state index in [9.17, 15) is 9.18 Å². The monoisotopic (exact) mass is 270 g/mol. The van der Waals surface area contributed by atoms with Crippen molar-refractivity contribution in [3.8, 4) is 0 Å². The topological polar surface area (TPSA) is 41.1 Å². The second-order valence-corrected chi connectivity index (χ2v) is 4.93. The van der Waals surface area contributed by atoms with Gasteiger partial charge in [0, 0.05) is 17.6 Å². The average Bonchev–Trinajstić information content (AvgIpc) is 2.57. The molecule has 0 radical (unpaired) electrons. The maximum Gasteiger partial charge on any atom is 0.254 e. The standard InChI is InChI=1S/C13H16ClFN2O/c14-9-4-5-11(12(15)7-9)13(18)17-10-3-1-2-6-16-8-10/h4-5,7,10,16H,1-3,6,8H2,(H,17,18). The quantitative estimate of drug-likeness (QED) is 0.866. The van der Waals surface area contributed by atoms with Crippen LogP contribution in [0.15, 0.2) is 18.2 Å². The van der Waals surface area contributed by atoms with E-state index in [1.165, 1.54) is 12.1 Å². The average molecular weight is 271 g/mol. The lowest BCUT2D eigenvalue weighted by molar-refractivity contribution is 0.0931. The first-order valence-electron chi connectivity index (χ1n) is 6.13. The first-order valence-corrected chi connectivity index (χ1v) is 6.51. The van der Waals surface area contributed by atoms with Crippen LogP contribution in [0.5, 0.6) is 0 Å². The van der Waals surface area contributed by atoms with Gasteiger partial charge < -0.3 is 10.6 Å². The van der Waals surface area contributed by atoms with Crippen molar-refractivity contribution >= 4 is 17.5 Å². The van der Waals surface area contributed by atoms with E-state index in [1.54, 1.807) is 0 Å². The van der Waals surface area contributed by atoms with E-state index >= 15 is 0 Å². The molecule has 5 heteroatoms. The van der Waals surface area contributed by atoms with Crippen LogP contribution in [0.2, 0.25) is 5.02 Å². The molecule has 0 aliphatic carbocycles. The van der Waals surface area contributed by atoms with Crippen LogP contribution in [0.4, 0.5) is 4.39 Å². The molecule has 18 heavy (non-hydrogen) atoms. The van der Waals surface area contributed by atoms with Crippen LogP contribution in [0, 0.1) is 5.82 Å². The summed E-state index contributed by atoms with van der Waals surface area (Å²) in [5.41, 5.74) is 0.0450. The third-order valence-corrected chi connectivity index (χ3v) is 3.29. The highest BCUT2D eigenvalue weighted by molar-refractivity contribution is 6.30. The first kappa shape index (κ1) is 13.3. The van der Waals surface area contributed by atoms with Crippen LogP contribution in [-0.4, -0.2) is 25.0 Å². The van der Waals surface area contributed by atoms with Gasteiger partial charge in [-0.3, -0.25) is 4.79 Å². The van der Waals surface area contributed by atoms with Crippen LogP contribution in [0.1, 0.15) is 29.6 Å². The summed E-state index contributed by atoms with van der Waals surface area (Å²) in [5.74, 6) is -0.959. The fraction of sp³-hybridized carbons (Fsp3) is 0.462. The Bertz CT molecular complexity index is 431. The van der Waals surface area contributed by atoms with E-state index in [4.69, 9.17) is 11.6 Å². The Hall–Kier alpha value is -1.13. The lowest BCUT2D eigenvalue weighted by Gasteiger charge is -2.16. The van der Waals surface area contributed by atoms with Gasteiger partial charge >= 0.3 is 0 Å². The molecule has 1 unspecified atom stereocenters. The third-order valence-electron chi connectivity index (χ3n) is 3.06. The lowest BCUT2D eigenvalue weighted by Crippen LogP contribution is -2.41. The smallest absolute Gasteiger partial charge is 0.254 e. The Morgan fingerprint density at radius 1 is 1.44 bits per heavy atom. The van der Waals surface area contributed by atoms with E-state index in [2.05, 4.69) is 10.6 Å². The summed E-state index contributed by atoms with van der Waals surface area (Å²) in [7, 11) is 0. The second kappa shape index (κ2) is 6.16. The van der Waals surface area contributed by atoms with E-state index in [-0.39, 0.29) is 17.5 Å². The zero-order chi connectivity index (χ0) is 13.0. The lowest BCUT2D eigenvalue weighted by atomic mass is 10.1. The Kier molecular flexibility index (Phi) is 4.55. The van der Waals surface area contributed by atoms with Crippen molar-refractivity contribution in [3.63, 3.8) is 0 Å². The number of benzene rings is 1. The number of amides is 1. The molecule has 1 fully saturated rings. The number of nitrogens with one attached hydrogen (secondary N) is 2. The molecule has 1 aliphatic heterocycles. The fourth-order valence-corrected chi connectivity index (χ4v) is 2.24. The number of carbonyl (C=O) groups excluding carboxylic acids is 1. The SMILES string of the molecule is O=C(NC1CCCCNC1)c1ccc(Cl)cc1F. The van der Waals surface area contributed by atoms with E-state index in [1.807, 2.05) is 0 Å². The summed E-state index contributed by atoms with van der Waals surface area (Å²) >= 11 is 5.65. The molecular formula is C13H16ClFN2O. The van der Waals surface area contributed by atoms with Crippen molar-refractivity contribution in [2.24, 2.45) is 0 Å². The van der Waals surface area contributed by atoms with E-state index in [0.29, 0.717) is 5.02 Å². The Morgan fingerprint density at radius 3 is 3.06 bits per heavy atom. The molecule has 0 saturated carbocycles. The number of carbonyl (C=O) groups is 1. The van der Waals surface area contributed by atoms with E-state index < -0.39 is 5.82 Å². The molecule has 2 N–H and O–H groups in total. The van der Waals surface area contributed by atoms with Gasteiger partial charge in [0.05, 0.1) is 5.56 Å². The zero-order valence-corrected chi connectivity index (χ0v) is 10.8. The van der Waals surface area contributed by atoms with Gasteiger partial charge in [0.25, 0.3) is 5.91 Å². The highest BCUT2D eigenvalue weighted by Crippen LogP contribution is 2.15. The van der Waals surface area contributed by atoms with Gasteiger partial charge in [-0.1, -0.05) is 18.0 Å². The fourth-order valence-electron chi connectivity index (χ4n) is 2.08. The largest absolute Gasteiger partial charge is 0.348 e. The van der Waals surface area contributed by atoms with Crippen molar-refractivity contribution in [2.45, 2.75) is 25.3 Å². The van der Waals surface area contributed by atoms with Crippen molar-refractivity contribution in [1.82, 2.24) is 10.6 Å².